The number of aliphatic imine (C=N–C) groups is 1. The lowest BCUT2D eigenvalue weighted by Gasteiger charge is -2.39. The van der Waals surface area contributed by atoms with Crippen LogP contribution in [0.1, 0.15) is 26.6 Å². The number of guanidine groups is 1. The fourth-order valence-electron chi connectivity index (χ4n) is 3.11. The first-order chi connectivity index (χ1) is 11.5. The van der Waals surface area contributed by atoms with Gasteiger partial charge in [0.2, 0.25) is 0 Å². The van der Waals surface area contributed by atoms with Crippen molar-refractivity contribution >= 4 is 52.7 Å². The van der Waals surface area contributed by atoms with Crippen LogP contribution in [-0.4, -0.2) is 50.5 Å². The number of fused-ring (bicyclic) bond motifs is 1. The summed E-state index contributed by atoms with van der Waals surface area (Å²) in [6.07, 6.45) is 0. The summed E-state index contributed by atoms with van der Waals surface area (Å²) in [6.45, 7) is 10.3. The van der Waals surface area contributed by atoms with Crippen LogP contribution in [-0.2, 0) is 13.6 Å². The third-order valence-corrected chi connectivity index (χ3v) is 5.61. The SMILES string of the molecule is CCNC(=NCc1nc2ccccc2n1C)N1CCSC(C)(C)C1.I. The molecule has 0 radical (unpaired) electrons. The zero-order chi connectivity index (χ0) is 17.2. The first-order valence-corrected chi connectivity index (χ1v) is 9.56. The molecule has 1 saturated heterocycles. The molecule has 25 heavy (non-hydrogen) atoms. The van der Waals surface area contributed by atoms with E-state index in [9.17, 15) is 0 Å². The molecule has 138 valence electrons. The lowest BCUT2D eigenvalue weighted by molar-refractivity contribution is 0.375. The smallest absolute Gasteiger partial charge is 0.194 e. The molecule has 0 saturated carbocycles. The Morgan fingerprint density at radius 3 is 2.80 bits per heavy atom. The van der Waals surface area contributed by atoms with Crippen LogP contribution in [0.2, 0.25) is 0 Å². The molecular weight excluding hydrogens is 445 g/mol. The van der Waals surface area contributed by atoms with Gasteiger partial charge in [0.25, 0.3) is 0 Å². The van der Waals surface area contributed by atoms with Crippen molar-refractivity contribution in [1.29, 1.82) is 0 Å². The Hall–Kier alpha value is -0.960. The van der Waals surface area contributed by atoms with E-state index < -0.39 is 0 Å². The predicted octanol–water partition coefficient (Wildman–Crippen LogP) is 3.48. The quantitative estimate of drug-likeness (QED) is 0.421. The van der Waals surface area contributed by atoms with Gasteiger partial charge in [-0.1, -0.05) is 12.1 Å². The first kappa shape index (κ1) is 20.4. The summed E-state index contributed by atoms with van der Waals surface area (Å²) in [6, 6.07) is 8.23. The summed E-state index contributed by atoms with van der Waals surface area (Å²) in [7, 11) is 2.06. The minimum absolute atomic E-state index is 0. The number of thioether (sulfide) groups is 1. The van der Waals surface area contributed by atoms with Crippen LogP contribution in [0.3, 0.4) is 0 Å². The van der Waals surface area contributed by atoms with Crippen LogP contribution in [0, 0.1) is 0 Å². The van der Waals surface area contributed by atoms with Gasteiger partial charge in [0.1, 0.15) is 12.4 Å². The summed E-state index contributed by atoms with van der Waals surface area (Å²) in [4.78, 5) is 12.0. The number of benzene rings is 1. The van der Waals surface area contributed by atoms with Crippen LogP contribution in [0.15, 0.2) is 29.3 Å². The summed E-state index contributed by atoms with van der Waals surface area (Å²) >= 11 is 2.04. The molecule has 2 heterocycles. The van der Waals surface area contributed by atoms with Gasteiger partial charge in [-0.25, -0.2) is 9.98 Å². The number of nitrogens with one attached hydrogen (secondary N) is 1. The summed E-state index contributed by atoms with van der Waals surface area (Å²) in [5.41, 5.74) is 2.19. The number of halogens is 1. The second-order valence-electron chi connectivity index (χ2n) is 6.78. The summed E-state index contributed by atoms with van der Waals surface area (Å²) < 4.78 is 2.41. The van der Waals surface area contributed by atoms with Crippen molar-refractivity contribution in [1.82, 2.24) is 19.8 Å². The topological polar surface area (TPSA) is 45.5 Å². The van der Waals surface area contributed by atoms with Gasteiger partial charge in [-0.2, -0.15) is 11.8 Å². The number of imidazole rings is 1. The average Bonchev–Trinajstić information content (AvgIpc) is 2.87. The molecule has 1 N–H and O–H groups in total. The number of hydrogen-bond donors (Lipinski definition) is 1. The third-order valence-electron chi connectivity index (χ3n) is 4.31. The highest BCUT2D eigenvalue weighted by molar-refractivity contribution is 14.0. The minimum atomic E-state index is 0. The molecule has 0 aliphatic carbocycles. The van der Waals surface area contributed by atoms with Crippen molar-refractivity contribution in [2.75, 3.05) is 25.4 Å². The zero-order valence-corrected chi connectivity index (χ0v) is 18.6. The highest BCUT2D eigenvalue weighted by Crippen LogP contribution is 2.29. The van der Waals surface area contributed by atoms with E-state index in [-0.39, 0.29) is 28.7 Å². The Morgan fingerprint density at radius 1 is 1.36 bits per heavy atom. The number of para-hydroxylation sites is 2. The fourth-order valence-corrected chi connectivity index (χ4v) is 4.22. The Bertz CT molecular complexity index is 740. The van der Waals surface area contributed by atoms with Gasteiger partial charge in [-0.15, -0.1) is 24.0 Å². The van der Waals surface area contributed by atoms with Crippen LogP contribution in [0.25, 0.3) is 11.0 Å². The number of hydrogen-bond acceptors (Lipinski definition) is 3. The standard InChI is InChI=1S/C18H27N5S.HI/c1-5-19-17(23-10-11-24-18(2,3)13-23)20-12-16-21-14-8-6-7-9-15(14)22(16)4;/h6-9H,5,10-13H2,1-4H3,(H,19,20);1H. The van der Waals surface area contributed by atoms with Crippen LogP contribution < -0.4 is 5.32 Å². The number of nitrogens with zero attached hydrogens (tertiary/aromatic N) is 4. The molecule has 0 atom stereocenters. The van der Waals surface area contributed by atoms with Crippen LogP contribution in [0.5, 0.6) is 0 Å². The maximum Gasteiger partial charge on any atom is 0.194 e. The Kier molecular flexibility index (Phi) is 7.01. The summed E-state index contributed by atoms with van der Waals surface area (Å²) in [5.74, 6) is 3.14. The highest BCUT2D eigenvalue weighted by atomic mass is 127. The van der Waals surface area contributed by atoms with E-state index in [4.69, 9.17) is 9.98 Å². The van der Waals surface area contributed by atoms with Crippen molar-refractivity contribution in [3.8, 4) is 0 Å². The number of rotatable bonds is 3. The van der Waals surface area contributed by atoms with Crippen molar-refractivity contribution in [2.24, 2.45) is 12.0 Å². The van der Waals surface area contributed by atoms with E-state index in [2.05, 4.69) is 60.8 Å². The van der Waals surface area contributed by atoms with Gasteiger partial charge in [-0.05, 0) is 32.9 Å². The molecule has 1 fully saturated rings. The zero-order valence-electron chi connectivity index (χ0n) is 15.5. The van der Waals surface area contributed by atoms with Gasteiger partial charge in [0, 0.05) is 37.2 Å². The molecule has 7 heteroatoms. The fraction of sp³-hybridized carbons (Fsp3) is 0.556. The molecule has 3 rings (SSSR count). The van der Waals surface area contributed by atoms with Gasteiger partial charge in [0.05, 0.1) is 11.0 Å². The molecular formula is C18H28IN5S. The predicted molar refractivity (Wildman–Crippen MR) is 119 cm³/mol. The van der Waals surface area contributed by atoms with Crippen molar-refractivity contribution < 1.29 is 0 Å². The molecule has 0 unspecified atom stereocenters. The molecule has 0 spiro atoms. The lowest BCUT2D eigenvalue weighted by Crippen LogP contribution is -2.51. The largest absolute Gasteiger partial charge is 0.357 e. The van der Waals surface area contributed by atoms with Gasteiger partial charge in [0.15, 0.2) is 5.96 Å². The molecule has 5 nitrogen and oxygen atoms in total. The van der Waals surface area contributed by atoms with Gasteiger partial charge < -0.3 is 14.8 Å². The maximum absolute atomic E-state index is 4.87. The average molecular weight is 473 g/mol. The molecule has 1 aliphatic heterocycles. The van der Waals surface area contributed by atoms with Crippen molar-refractivity contribution in [2.45, 2.75) is 32.1 Å². The molecule has 1 aromatic heterocycles. The highest BCUT2D eigenvalue weighted by Gasteiger charge is 2.28. The Balaban J connectivity index is 0.00000225. The number of aryl methyl sites for hydroxylation is 1. The third kappa shape index (κ3) is 4.81. The lowest BCUT2D eigenvalue weighted by atomic mass is 10.2. The molecule has 2 aromatic rings. The summed E-state index contributed by atoms with van der Waals surface area (Å²) in [5, 5.41) is 3.44. The monoisotopic (exact) mass is 473 g/mol. The maximum atomic E-state index is 4.87. The Labute approximate surface area is 171 Å². The molecule has 0 bridgehead atoms. The molecule has 1 aliphatic rings. The van der Waals surface area contributed by atoms with E-state index in [1.165, 1.54) is 0 Å². The van der Waals surface area contributed by atoms with E-state index in [0.717, 1.165) is 48.2 Å². The van der Waals surface area contributed by atoms with E-state index in [1.54, 1.807) is 0 Å². The van der Waals surface area contributed by atoms with Crippen molar-refractivity contribution in [3.05, 3.63) is 30.1 Å². The van der Waals surface area contributed by atoms with Gasteiger partial charge in [-0.3, -0.25) is 0 Å². The second kappa shape index (κ2) is 8.62. The minimum Gasteiger partial charge on any atom is -0.357 e. The van der Waals surface area contributed by atoms with Crippen molar-refractivity contribution in [3.63, 3.8) is 0 Å². The van der Waals surface area contributed by atoms with E-state index >= 15 is 0 Å². The number of aromatic nitrogens is 2. The van der Waals surface area contributed by atoms with Crippen LogP contribution >= 0.6 is 35.7 Å². The molecule has 1 aromatic carbocycles. The molecule has 0 amide bonds. The van der Waals surface area contributed by atoms with E-state index in [0.29, 0.717) is 6.54 Å². The Morgan fingerprint density at radius 2 is 2.12 bits per heavy atom. The van der Waals surface area contributed by atoms with Gasteiger partial charge >= 0.3 is 0 Å². The second-order valence-corrected chi connectivity index (χ2v) is 8.58. The van der Waals surface area contributed by atoms with Crippen LogP contribution in [0.4, 0.5) is 0 Å². The first-order valence-electron chi connectivity index (χ1n) is 8.58. The normalized spacial score (nSPS) is 17.4. The van der Waals surface area contributed by atoms with E-state index in [1.807, 2.05) is 17.8 Å².